The molecule has 4 heteroatoms. The molecule has 0 unspecified atom stereocenters. The summed E-state index contributed by atoms with van der Waals surface area (Å²) in [4.78, 5) is 10.5. The Morgan fingerprint density at radius 1 is 1.35 bits per heavy atom. The van der Waals surface area contributed by atoms with Crippen molar-refractivity contribution in [2.24, 2.45) is 5.73 Å². The lowest BCUT2D eigenvalue weighted by molar-refractivity contribution is -0.137. The molecule has 0 heterocycles. The maximum absolute atomic E-state index is 10.5. The van der Waals surface area contributed by atoms with Crippen LogP contribution < -0.4 is 10.5 Å². The molecular weight excluding hydrogens is 218 g/mol. The van der Waals surface area contributed by atoms with Gasteiger partial charge in [-0.1, -0.05) is 12.1 Å². The van der Waals surface area contributed by atoms with Crippen LogP contribution in [-0.4, -0.2) is 16.7 Å². The average molecular weight is 237 g/mol. The van der Waals surface area contributed by atoms with E-state index in [1.807, 2.05) is 32.9 Å². The fourth-order valence-corrected chi connectivity index (χ4v) is 1.44. The number of hydrogen-bond donors (Lipinski definition) is 2. The van der Waals surface area contributed by atoms with E-state index < -0.39 is 12.0 Å². The summed E-state index contributed by atoms with van der Waals surface area (Å²) in [5.74, 6) is -0.142. The largest absolute Gasteiger partial charge is 0.488 e. The number of rotatable bonds is 4. The molecule has 1 rings (SSSR count). The maximum atomic E-state index is 10.5. The van der Waals surface area contributed by atoms with Crippen LogP contribution in [0, 0.1) is 0 Å². The predicted molar refractivity (Wildman–Crippen MR) is 66.0 cm³/mol. The van der Waals surface area contributed by atoms with Gasteiger partial charge in [0.2, 0.25) is 0 Å². The monoisotopic (exact) mass is 237 g/mol. The summed E-state index contributed by atoms with van der Waals surface area (Å²) in [6.45, 7) is 5.91. The Kier molecular flexibility index (Phi) is 4.12. The molecular formula is C13H19NO3. The van der Waals surface area contributed by atoms with Crippen LogP contribution in [0.3, 0.4) is 0 Å². The number of ether oxygens (including phenoxy) is 1. The zero-order chi connectivity index (χ0) is 13.1. The van der Waals surface area contributed by atoms with Crippen LogP contribution in [-0.2, 0) is 4.79 Å². The lowest BCUT2D eigenvalue weighted by Crippen LogP contribution is -2.23. The zero-order valence-corrected chi connectivity index (χ0v) is 10.4. The minimum absolute atomic E-state index is 0.0700. The van der Waals surface area contributed by atoms with Gasteiger partial charge in [-0.05, 0) is 38.5 Å². The molecule has 1 atom stereocenters. The lowest BCUT2D eigenvalue weighted by atomic mass is 10.0. The van der Waals surface area contributed by atoms with E-state index in [1.54, 1.807) is 12.1 Å². The normalized spacial score (nSPS) is 13.2. The Morgan fingerprint density at radius 3 is 2.29 bits per heavy atom. The molecule has 3 N–H and O–H groups in total. The highest BCUT2D eigenvalue weighted by Crippen LogP contribution is 2.21. The van der Waals surface area contributed by atoms with Gasteiger partial charge in [0, 0.05) is 6.04 Å². The fourth-order valence-electron chi connectivity index (χ4n) is 1.44. The molecule has 0 aromatic heterocycles. The van der Waals surface area contributed by atoms with Crippen molar-refractivity contribution < 1.29 is 14.6 Å². The Bertz CT molecular complexity index is 379. The van der Waals surface area contributed by atoms with E-state index >= 15 is 0 Å². The van der Waals surface area contributed by atoms with Crippen LogP contribution in [0.15, 0.2) is 24.3 Å². The Hall–Kier alpha value is -1.55. The molecule has 0 fully saturated rings. The summed E-state index contributed by atoms with van der Waals surface area (Å²) < 4.78 is 5.66. The van der Waals surface area contributed by atoms with Crippen molar-refractivity contribution in [2.75, 3.05) is 0 Å². The van der Waals surface area contributed by atoms with E-state index in [1.165, 1.54) is 0 Å². The van der Waals surface area contributed by atoms with Gasteiger partial charge in [-0.15, -0.1) is 0 Å². The summed E-state index contributed by atoms with van der Waals surface area (Å²) in [5.41, 5.74) is 6.31. The van der Waals surface area contributed by atoms with Crippen molar-refractivity contribution in [3.8, 4) is 5.75 Å². The van der Waals surface area contributed by atoms with Crippen molar-refractivity contribution >= 4 is 5.97 Å². The number of nitrogens with two attached hydrogens (primary N) is 1. The van der Waals surface area contributed by atoms with Gasteiger partial charge in [0.25, 0.3) is 0 Å². The minimum atomic E-state index is -0.896. The first-order valence-electron chi connectivity index (χ1n) is 5.54. The van der Waals surface area contributed by atoms with Crippen molar-refractivity contribution in [3.05, 3.63) is 29.8 Å². The zero-order valence-electron chi connectivity index (χ0n) is 10.4. The molecule has 4 nitrogen and oxygen atoms in total. The Labute approximate surface area is 101 Å². The third-order valence-corrected chi connectivity index (χ3v) is 2.13. The van der Waals surface area contributed by atoms with Crippen LogP contribution in [0.2, 0.25) is 0 Å². The average Bonchev–Trinajstić information content (AvgIpc) is 2.15. The molecule has 1 aromatic carbocycles. The van der Waals surface area contributed by atoms with E-state index in [4.69, 9.17) is 15.6 Å². The molecule has 0 aliphatic carbocycles. The van der Waals surface area contributed by atoms with Crippen molar-refractivity contribution in [3.63, 3.8) is 0 Å². The molecule has 0 saturated heterocycles. The van der Waals surface area contributed by atoms with Gasteiger partial charge in [-0.25, -0.2) is 0 Å². The van der Waals surface area contributed by atoms with Crippen LogP contribution in [0.4, 0.5) is 0 Å². The molecule has 0 amide bonds. The second-order valence-electron chi connectivity index (χ2n) is 4.99. The molecule has 94 valence electrons. The summed E-state index contributed by atoms with van der Waals surface area (Å²) >= 11 is 0. The van der Waals surface area contributed by atoms with Gasteiger partial charge < -0.3 is 15.6 Å². The quantitative estimate of drug-likeness (QED) is 0.843. The number of carboxylic acids is 1. The number of carbonyl (C=O) groups is 1. The molecule has 0 saturated carbocycles. The first kappa shape index (κ1) is 13.5. The first-order chi connectivity index (χ1) is 7.78. The van der Waals surface area contributed by atoms with Crippen molar-refractivity contribution in [1.29, 1.82) is 0 Å². The second-order valence-corrected chi connectivity index (χ2v) is 4.99. The van der Waals surface area contributed by atoms with Gasteiger partial charge in [-0.3, -0.25) is 4.79 Å². The molecule has 17 heavy (non-hydrogen) atoms. The highest BCUT2D eigenvalue weighted by molar-refractivity contribution is 5.67. The van der Waals surface area contributed by atoms with Gasteiger partial charge in [0.15, 0.2) is 0 Å². The predicted octanol–water partition coefficient (Wildman–Crippen LogP) is 2.34. The second kappa shape index (κ2) is 5.19. The van der Waals surface area contributed by atoms with E-state index in [0.29, 0.717) is 0 Å². The number of benzene rings is 1. The molecule has 0 bridgehead atoms. The fraction of sp³-hybridized carbons (Fsp3) is 0.462. The molecule has 0 aliphatic heterocycles. The van der Waals surface area contributed by atoms with Gasteiger partial charge in [0.05, 0.1) is 6.42 Å². The Balaban J connectivity index is 2.71. The third kappa shape index (κ3) is 4.87. The van der Waals surface area contributed by atoms with E-state index in [9.17, 15) is 4.79 Å². The van der Waals surface area contributed by atoms with Gasteiger partial charge in [-0.2, -0.15) is 0 Å². The van der Waals surface area contributed by atoms with Gasteiger partial charge in [0.1, 0.15) is 11.4 Å². The van der Waals surface area contributed by atoms with Gasteiger partial charge >= 0.3 is 5.97 Å². The molecule has 0 spiro atoms. The van der Waals surface area contributed by atoms with Crippen molar-refractivity contribution in [2.45, 2.75) is 38.8 Å². The minimum Gasteiger partial charge on any atom is -0.488 e. The van der Waals surface area contributed by atoms with Crippen LogP contribution in [0.5, 0.6) is 5.75 Å². The van der Waals surface area contributed by atoms with Crippen molar-refractivity contribution in [1.82, 2.24) is 0 Å². The van der Waals surface area contributed by atoms with Crippen LogP contribution in [0.25, 0.3) is 0 Å². The number of hydrogen-bond acceptors (Lipinski definition) is 3. The number of aliphatic carboxylic acids is 1. The topological polar surface area (TPSA) is 72.5 Å². The van der Waals surface area contributed by atoms with E-state index in [0.717, 1.165) is 11.3 Å². The Morgan fingerprint density at radius 2 is 1.88 bits per heavy atom. The first-order valence-corrected chi connectivity index (χ1v) is 5.54. The van der Waals surface area contributed by atoms with Crippen LogP contribution >= 0.6 is 0 Å². The molecule has 1 aromatic rings. The maximum Gasteiger partial charge on any atom is 0.305 e. The lowest BCUT2D eigenvalue weighted by Gasteiger charge is -2.21. The third-order valence-electron chi connectivity index (χ3n) is 2.13. The van der Waals surface area contributed by atoms with Crippen LogP contribution in [0.1, 0.15) is 38.8 Å². The summed E-state index contributed by atoms with van der Waals surface area (Å²) in [6, 6.07) is 6.74. The summed E-state index contributed by atoms with van der Waals surface area (Å²) in [5, 5.41) is 8.65. The number of carboxylic acid groups (broad SMARTS) is 1. The highest BCUT2D eigenvalue weighted by atomic mass is 16.5. The summed E-state index contributed by atoms with van der Waals surface area (Å²) in [6.07, 6.45) is -0.0700. The molecule has 0 radical (unpaired) electrons. The van der Waals surface area contributed by atoms with E-state index in [2.05, 4.69) is 0 Å². The standard InChI is InChI=1S/C13H19NO3/c1-13(2,3)17-10-6-4-9(5-7-10)11(14)8-12(15)16/h4-7,11H,8,14H2,1-3H3,(H,15,16)/t11-/m1/s1. The molecule has 0 aliphatic rings. The van der Waals surface area contributed by atoms with E-state index in [-0.39, 0.29) is 12.0 Å². The smallest absolute Gasteiger partial charge is 0.305 e. The highest BCUT2D eigenvalue weighted by Gasteiger charge is 2.13. The summed E-state index contributed by atoms with van der Waals surface area (Å²) in [7, 11) is 0. The SMILES string of the molecule is CC(C)(C)Oc1ccc([C@H](N)CC(=O)O)cc1.